The molecule has 1 aliphatic rings. The van der Waals surface area contributed by atoms with Crippen molar-refractivity contribution in [2.45, 2.75) is 31.1 Å². The SMILES string of the molecule is CNC(=O)C1OC(n2cnc3c(NCc4ccccn4)nc(-c4cncc(F)c4)nc32)C(O)C1O. The van der Waals surface area contributed by atoms with E-state index in [1.807, 2.05) is 12.1 Å². The molecule has 0 spiro atoms. The topological polar surface area (TPSA) is 160 Å². The number of ether oxygens (including phenoxy) is 1. The number of amides is 1. The molecule has 0 aliphatic carbocycles. The van der Waals surface area contributed by atoms with Gasteiger partial charge in [0.1, 0.15) is 18.0 Å². The largest absolute Gasteiger partial charge is 0.387 e. The van der Waals surface area contributed by atoms with Crippen LogP contribution in [0.4, 0.5) is 10.2 Å². The molecule has 1 fully saturated rings. The predicted octanol–water partition coefficient (Wildman–Crippen LogP) is 0.400. The van der Waals surface area contributed by atoms with Crippen LogP contribution in [0.15, 0.2) is 49.2 Å². The van der Waals surface area contributed by atoms with Crippen LogP contribution in [0.5, 0.6) is 0 Å². The van der Waals surface area contributed by atoms with E-state index in [1.165, 1.54) is 30.2 Å². The zero-order valence-electron chi connectivity index (χ0n) is 18.4. The minimum absolute atomic E-state index is 0.144. The van der Waals surface area contributed by atoms with Crippen molar-refractivity contribution in [3.8, 4) is 11.4 Å². The van der Waals surface area contributed by atoms with Crippen LogP contribution in [0.3, 0.4) is 0 Å². The molecular weight excluding hydrogens is 459 g/mol. The summed E-state index contributed by atoms with van der Waals surface area (Å²) < 4.78 is 20.9. The Balaban J connectivity index is 1.58. The van der Waals surface area contributed by atoms with Crippen LogP contribution in [0.2, 0.25) is 0 Å². The molecule has 0 bridgehead atoms. The standard InChI is InChI=1S/C22H21FN8O4/c1-24-21(34)17-15(32)16(33)22(35-17)31-10-28-14-19(27-9-13-4-2-3-5-26-13)29-18(30-20(14)31)11-6-12(23)8-25-7-11/h2-8,10,15-17,22,32-33H,9H2,1H3,(H,24,34)(H,27,29,30). The lowest BCUT2D eigenvalue weighted by Crippen LogP contribution is -2.41. The van der Waals surface area contributed by atoms with E-state index >= 15 is 0 Å². The molecule has 0 radical (unpaired) electrons. The van der Waals surface area contributed by atoms with E-state index in [2.05, 4.69) is 35.6 Å². The van der Waals surface area contributed by atoms with E-state index in [-0.39, 0.29) is 11.5 Å². The lowest BCUT2D eigenvalue weighted by Gasteiger charge is -2.17. The Morgan fingerprint density at radius 1 is 1.20 bits per heavy atom. The Morgan fingerprint density at radius 3 is 2.80 bits per heavy atom. The van der Waals surface area contributed by atoms with Gasteiger partial charge in [-0.3, -0.25) is 19.3 Å². The second-order valence-corrected chi connectivity index (χ2v) is 7.83. The zero-order chi connectivity index (χ0) is 24.5. The summed E-state index contributed by atoms with van der Waals surface area (Å²) in [6.07, 6.45) is 0.170. The van der Waals surface area contributed by atoms with E-state index in [0.717, 1.165) is 11.9 Å². The number of pyridine rings is 2. The quantitative estimate of drug-likeness (QED) is 0.304. The van der Waals surface area contributed by atoms with Crippen LogP contribution in [0, 0.1) is 5.82 Å². The van der Waals surface area contributed by atoms with Gasteiger partial charge >= 0.3 is 0 Å². The number of likely N-dealkylation sites (N-methyl/N-ethyl adjacent to an activating group) is 1. The van der Waals surface area contributed by atoms with Crippen LogP contribution in [0.25, 0.3) is 22.6 Å². The molecule has 1 aliphatic heterocycles. The van der Waals surface area contributed by atoms with Crippen molar-refractivity contribution in [1.82, 2.24) is 34.8 Å². The van der Waals surface area contributed by atoms with Crippen LogP contribution in [-0.2, 0) is 16.1 Å². The van der Waals surface area contributed by atoms with Crippen molar-refractivity contribution < 1.29 is 24.1 Å². The molecule has 0 aromatic carbocycles. The van der Waals surface area contributed by atoms with Crippen molar-refractivity contribution >= 4 is 22.9 Å². The van der Waals surface area contributed by atoms with Gasteiger partial charge < -0.3 is 25.6 Å². The van der Waals surface area contributed by atoms with Gasteiger partial charge in [0.25, 0.3) is 5.91 Å². The number of aliphatic hydroxyl groups is 2. The number of nitrogens with one attached hydrogen (secondary N) is 2. The van der Waals surface area contributed by atoms with Gasteiger partial charge in [0.2, 0.25) is 0 Å². The summed E-state index contributed by atoms with van der Waals surface area (Å²) in [6, 6.07) is 6.73. The number of halogens is 1. The van der Waals surface area contributed by atoms with Crippen LogP contribution in [0.1, 0.15) is 11.9 Å². The molecule has 12 nitrogen and oxygen atoms in total. The van der Waals surface area contributed by atoms with E-state index in [0.29, 0.717) is 23.4 Å². The first-order chi connectivity index (χ1) is 17.0. The molecule has 5 rings (SSSR count). The van der Waals surface area contributed by atoms with Gasteiger partial charge in [-0.25, -0.2) is 19.3 Å². The summed E-state index contributed by atoms with van der Waals surface area (Å²) >= 11 is 0. The van der Waals surface area contributed by atoms with Crippen LogP contribution >= 0.6 is 0 Å². The summed E-state index contributed by atoms with van der Waals surface area (Å²) in [5.74, 6) is -0.670. The Kier molecular flexibility index (Phi) is 6.03. The third-order valence-corrected chi connectivity index (χ3v) is 5.56. The Morgan fingerprint density at radius 2 is 2.06 bits per heavy atom. The number of imidazole rings is 1. The fourth-order valence-corrected chi connectivity index (χ4v) is 3.81. The van der Waals surface area contributed by atoms with Crippen LogP contribution in [-0.4, -0.2) is 71.0 Å². The number of aromatic nitrogens is 6. The van der Waals surface area contributed by atoms with Gasteiger partial charge in [-0.15, -0.1) is 0 Å². The zero-order valence-corrected chi connectivity index (χ0v) is 18.4. The van der Waals surface area contributed by atoms with E-state index in [1.54, 1.807) is 12.3 Å². The molecule has 1 saturated heterocycles. The highest BCUT2D eigenvalue weighted by Gasteiger charge is 2.47. The third kappa shape index (κ3) is 4.27. The van der Waals surface area contributed by atoms with Gasteiger partial charge in [-0.1, -0.05) is 6.07 Å². The molecule has 0 saturated carbocycles. The lowest BCUT2D eigenvalue weighted by atomic mass is 10.1. The smallest absolute Gasteiger partial charge is 0.251 e. The number of carbonyl (C=O) groups excluding carboxylic acids is 1. The third-order valence-electron chi connectivity index (χ3n) is 5.56. The summed E-state index contributed by atoms with van der Waals surface area (Å²) in [5, 5.41) is 26.5. The van der Waals surface area contributed by atoms with E-state index in [4.69, 9.17) is 4.74 Å². The number of nitrogens with zero attached hydrogens (tertiary/aromatic N) is 6. The summed E-state index contributed by atoms with van der Waals surface area (Å²) in [6.45, 7) is 0.320. The fraction of sp³-hybridized carbons (Fsp3) is 0.273. The Bertz CT molecular complexity index is 1370. The minimum atomic E-state index is -1.46. The molecule has 4 unspecified atom stereocenters. The molecule has 13 heteroatoms. The summed E-state index contributed by atoms with van der Waals surface area (Å²) in [5.41, 5.74) is 1.63. The van der Waals surface area contributed by atoms with Crippen molar-refractivity contribution in [3.63, 3.8) is 0 Å². The number of rotatable bonds is 6. The maximum atomic E-state index is 13.9. The number of carbonyl (C=O) groups is 1. The first-order valence-electron chi connectivity index (χ1n) is 10.7. The molecule has 35 heavy (non-hydrogen) atoms. The van der Waals surface area contributed by atoms with E-state index < -0.39 is 36.3 Å². The highest BCUT2D eigenvalue weighted by molar-refractivity contribution is 5.85. The first kappa shape index (κ1) is 22.7. The molecule has 4 aromatic rings. The normalized spacial score (nSPS) is 21.8. The van der Waals surface area contributed by atoms with Crippen molar-refractivity contribution in [3.05, 3.63) is 60.7 Å². The van der Waals surface area contributed by atoms with E-state index in [9.17, 15) is 19.4 Å². The number of hydrogen-bond donors (Lipinski definition) is 4. The Labute approximate surface area is 197 Å². The number of hydrogen-bond acceptors (Lipinski definition) is 10. The van der Waals surface area contributed by atoms with Crippen LogP contribution < -0.4 is 10.6 Å². The van der Waals surface area contributed by atoms with Gasteiger partial charge in [-0.05, 0) is 18.2 Å². The van der Waals surface area contributed by atoms with Crippen molar-refractivity contribution in [1.29, 1.82) is 0 Å². The Hall–Kier alpha value is -4.07. The maximum absolute atomic E-state index is 13.9. The molecule has 4 atom stereocenters. The molecule has 4 aromatic heterocycles. The van der Waals surface area contributed by atoms with Gasteiger partial charge in [0.05, 0.1) is 24.8 Å². The number of anilines is 1. The molecule has 180 valence electrons. The second kappa shape index (κ2) is 9.29. The molecule has 1 amide bonds. The highest BCUT2D eigenvalue weighted by Crippen LogP contribution is 2.33. The summed E-state index contributed by atoms with van der Waals surface area (Å²) in [4.78, 5) is 33.6. The van der Waals surface area contributed by atoms with Gasteiger partial charge in [0.15, 0.2) is 35.1 Å². The summed E-state index contributed by atoms with van der Waals surface area (Å²) in [7, 11) is 1.40. The first-order valence-corrected chi connectivity index (χ1v) is 10.7. The van der Waals surface area contributed by atoms with Crippen molar-refractivity contribution in [2.75, 3.05) is 12.4 Å². The highest BCUT2D eigenvalue weighted by atomic mass is 19.1. The average Bonchev–Trinajstić information content (AvgIpc) is 3.43. The lowest BCUT2D eigenvalue weighted by molar-refractivity contribution is -0.137. The maximum Gasteiger partial charge on any atom is 0.251 e. The monoisotopic (exact) mass is 480 g/mol. The average molecular weight is 480 g/mol. The number of aliphatic hydroxyl groups excluding tert-OH is 2. The van der Waals surface area contributed by atoms with Crippen molar-refractivity contribution in [2.24, 2.45) is 0 Å². The predicted molar refractivity (Wildman–Crippen MR) is 120 cm³/mol. The minimum Gasteiger partial charge on any atom is -0.387 e. The molecule has 4 N–H and O–H groups in total. The van der Waals surface area contributed by atoms with Gasteiger partial charge in [0, 0.05) is 25.0 Å². The fourth-order valence-electron chi connectivity index (χ4n) is 3.81. The molecular formula is C22H21FN8O4. The van der Waals surface area contributed by atoms with Gasteiger partial charge in [-0.2, -0.15) is 0 Å². The number of fused-ring (bicyclic) bond motifs is 1. The molecule has 5 heterocycles. The second-order valence-electron chi connectivity index (χ2n) is 7.83.